The lowest BCUT2D eigenvalue weighted by atomic mass is 10.1. The number of benzene rings is 1. The van der Waals surface area contributed by atoms with E-state index in [2.05, 4.69) is 0 Å². The summed E-state index contributed by atoms with van der Waals surface area (Å²) in [7, 11) is 0. The van der Waals surface area contributed by atoms with Crippen molar-refractivity contribution in [3.63, 3.8) is 0 Å². The third-order valence-corrected chi connectivity index (χ3v) is 1.70. The van der Waals surface area contributed by atoms with Gasteiger partial charge >= 0.3 is 0 Å². The lowest BCUT2D eigenvalue weighted by Gasteiger charge is -2.08. The minimum Gasteiger partial charge on any atom is -0.504 e. The Morgan fingerprint density at radius 3 is 2.46 bits per heavy atom. The second-order valence-corrected chi connectivity index (χ2v) is 2.96. The lowest BCUT2D eigenvalue weighted by Crippen LogP contribution is -2.04. The van der Waals surface area contributed by atoms with Crippen LogP contribution in [0.3, 0.4) is 0 Å². The van der Waals surface area contributed by atoms with Gasteiger partial charge in [-0.1, -0.05) is 6.07 Å². The van der Waals surface area contributed by atoms with E-state index in [0.29, 0.717) is 5.56 Å². The maximum atomic E-state index is 12.6. The van der Waals surface area contributed by atoms with Gasteiger partial charge in [-0.2, -0.15) is 0 Å². The van der Waals surface area contributed by atoms with E-state index in [1.165, 1.54) is 6.07 Å². The van der Waals surface area contributed by atoms with Crippen LogP contribution in [0, 0.1) is 5.82 Å². The maximum Gasteiger partial charge on any atom is 0.194 e. The van der Waals surface area contributed by atoms with Crippen LogP contribution in [0.4, 0.5) is 4.39 Å². The quantitative estimate of drug-likeness (QED) is 0.607. The third kappa shape index (κ3) is 2.09. The van der Waals surface area contributed by atoms with Crippen LogP contribution in [0.2, 0.25) is 0 Å². The number of aliphatic hydroxyl groups excluding tert-OH is 1. The first-order valence-corrected chi connectivity index (χ1v) is 3.89. The van der Waals surface area contributed by atoms with Crippen molar-refractivity contribution in [3.8, 4) is 11.5 Å². The molecule has 4 heteroatoms. The average molecular weight is 186 g/mol. The van der Waals surface area contributed by atoms with Crippen LogP contribution in [0.25, 0.3) is 0 Å². The summed E-state index contributed by atoms with van der Waals surface area (Å²) in [5, 5.41) is 27.2. The molecule has 0 aliphatic rings. The van der Waals surface area contributed by atoms with Crippen molar-refractivity contribution in [2.24, 2.45) is 0 Å². The molecule has 13 heavy (non-hydrogen) atoms. The summed E-state index contributed by atoms with van der Waals surface area (Å²) in [5.41, 5.74) is 0.328. The lowest BCUT2D eigenvalue weighted by molar-refractivity contribution is 0.194. The van der Waals surface area contributed by atoms with Gasteiger partial charge in [0.25, 0.3) is 0 Å². The fourth-order valence-electron chi connectivity index (χ4n) is 1.08. The summed E-state index contributed by atoms with van der Waals surface area (Å²) >= 11 is 0. The number of aliphatic hydroxyl groups is 1. The van der Waals surface area contributed by atoms with Gasteiger partial charge in [-0.25, -0.2) is 4.39 Å². The number of aromatic hydroxyl groups is 2. The molecule has 0 aromatic heterocycles. The first kappa shape index (κ1) is 9.80. The SMILES string of the molecule is CC(O)Cc1ccc(F)c(O)c1O. The molecule has 72 valence electrons. The number of hydrogen-bond acceptors (Lipinski definition) is 3. The number of halogens is 1. The topological polar surface area (TPSA) is 60.7 Å². The first-order chi connectivity index (χ1) is 6.02. The fourth-order valence-corrected chi connectivity index (χ4v) is 1.08. The van der Waals surface area contributed by atoms with Gasteiger partial charge in [0.15, 0.2) is 17.3 Å². The second-order valence-electron chi connectivity index (χ2n) is 2.96. The van der Waals surface area contributed by atoms with Gasteiger partial charge in [-0.05, 0) is 13.0 Å². The summed E-state index contributed by atoms with van der Waals surface area (Å²) < 4.78 is 12.6. The minimum absolute atomic E-state index is 0.180. The first-order valence-electron chi connectivity index (χ1n) is 3.89. The van der Waals surface area contributed by atoms with Gasteiger partial charge in [-0.3, -0.25) is 0 Å². The zero-order valence-electron chi connectivity index (χ0n) is 7.16. The molecular formula is C9H11FO3. The van der Waals surface area contributed by atoms with Crippen LogP contribution in [0.15, 0.2) is 12.1 Å². The Bertz CT molecular complexity index is 310. The molecule has 1 rings (SSSR count). The van der Waals surface area contributed by atoms with Crippen molar-refractivity contribution in [2.45, 2.75) is 19.4 Å². The Morgan fingerprint density at radius 1 is 1.31 bits per heavy atom. The van der Waals surface area contributed by atoms with Gasteiger partial charge in [0.05, 0.1) is 6.10 Å². The van der Waals surface area contributed by atoms with Crippen LogP contribution in [-0.4, -0.2) is 21.4 Å². The molecule has 1 aromatic carbocycles. The summed E-state index contributed by atoms with van der Waals surface area (Å²) in [6.45, 7) is 1.54. The highest BCUT2D eigenvalue weighted by Crippen LogP contribution is 2.31. The molecule has 1 unspecified atom stereocenters. The predicted octanol–water partition coefficient (Wildman–Crippen LogP) is 1.16. The molecule has 0 aliphatic carbocycles. The minimum atomic E-state index is -0.869. The van der Waals surface area contributed by atoms with E-state index in [1.807, 2.05) is 0 Å². The van der Waals surface area contributed by atoms with Crippen molar-refractivity contribution >= 4 is 0 Å². The van der Waals surface area contributed by atoms with Crippen LogP contribution >= 0.6 is 0 Å². The largest absolute Gasteiger partial charge is 0.504 e. The highest BCUT2D eigenvalue weighted by atomic mass is 19.1. The van der Waals surface area contributed by atoms with Gasteiger partial charge in [0, 0.05) is 12.0 Å². The molecule has 0 fully saturated rings. The number of hydrogen-bond donors (Lipinski definition) is 3. The van der Waals surface area contributed by atoms with Crippen molar-refractivity contribution in [1.82, 2.24) is 0 Å². The van der Waals surface area contributed by atoms with Crippen molar-refractivity contribution in [1.29, 1.82) is 0 Å². The molecule has 0 aliphatic heterocycles. The van der Waals surface area contributed by atoms with E-state index >= 15 is 0 Å². The highest BCUT2D eigenvalue weighted by Gasteiger charge is 2.12. The van der Waals surface area contributed by atoms with Crippen molar-refractivity contribution in [3.05, 3.63) is 23.5 Å². The highest BCUT2D eigenvalue weighted by molar-refractivity contribution is 5.45. The zero-order valence-corrected chi connectivity index (χ0v) is 7.16. The Kier molecular flexibility index (Phi) is 2.72. The number of phenolic OH excluding ortho intramolecular Hbond substituents is 2. The summed E-state index contributed by atoms with van der Waals surface area (Å²) in [6, 6.07) is 2.38. The zero-order chi connectivity index (χ0) is 10.0. The second kappa shape index (κ2) is 3.62. The molecule has 3 nitrogen and oxygen atoms in total. The van der Waals surface area contributed by atoms with Crippen molar-refractivity contribution < 1.29 is 19.7 Å². The van der Waals surface area contributed by atoms with Crippen LogP contribution in [-0.2, 0) is 6.42 Å². The molecule has 0 spiro atoms. The van der Waals surface area contributed by atoms with Crippen molar-refractivity contribution in [2.75, 3.05) is 0 Å². The molecule has 1 atom stereocenters. The summed E-state index contributed by atoms with van der Waals surface area (Å²) in [5.74, 6) is -2.13. The van der Waals surface area contributed by atoms with Gasteiger partial charge in [-0.15, -0.1) is 0 Å². The molecule has 0 amide bonds. The van der Waals surface area contributed by atoms with Gasteiger partial charge in [0.1, 0.15) is 0 Å². The molecule has 0 saturated heterocycles. The molecule has 0 heterocycles. The standard InChI is InChI=1S/C9H11FO3/c1-5(11)4-6-2-3-7(10)9(13)8(6)12/h2-3,5,11-13H,4H2,1H3. The molecule has 0 bridgehead atoms. The smallest absolute Gasteiger partial charge is 0.194 e. The van der Waals surface area contributed by atoms with E-state index in [9.17, 15) is 9.50 Å². The van der Waals surface area contributed by atoms with E-state index in [4.69, 9.17) is 10.2 Å². The maximum absolute atomic E-state index is 12.6. The normalized spacial score (nSPS) is 12.8. The fraction of sp³-hybridized carbons (Fsp3) is 0.333. The average Bonchev–Trinajstić information content (AvgIpc) is 2.06. The molecule has 0 saturated carbocycles. The number of phenols is 2. The number of rotatable bonds is 2. The Balaban J connectivity index is 3.04. The van der Waals surface area contributed by atoms with E-state index in [1.54, 1.807) is 6.92 Å². The van der Waals surface area contributed by atoms with Gasteiger partial charge < -0.3 is 15.3 Å². The molecule has 3 N–H and O–H groups in total. The Labute approximate surface area is 75.1 Å². The summed E-state index contributed by atoms with van der Waals surface area (Å²) in [6.07, 6.45) is -0.463. The predicted molar refractivity (Wildman–Crippen MR) is 45.1 cm³/mol. The molecule has 0 radical (unpaired) electrons. The van der Waals surface area contributed by atoms with E-state index < -0.39 is 23.4 Å². The molecular weight excluding hydrogens is 175 g/mol. The van der Waals surface area contributed by atoms with Gasteiger partial charge in [0.2, 0.25) is 0 Å². The van der Waals surface area contributed by atoms with E-state index in [0.717, 1.165) is 6.07 Å². The Morgan fingerprint density at radius 2 is 1.92 bits per heavy atom. The third-order valence-electron chi connectivity index (χ3n) is 1.70. The van der Waals surface area contributed by atoms with Crippen LogP contribution in [0.5, 0.6) is 11.5 Å². The Hall–Kier alpha value is -1.29. The molecule has 1 aromatic rings. The van der Waals surface area contributed by atoms with Crippen LogP contribution < -0.4 is 0 Å². The summed E-state index contributed by atoms with van der Waals surface area (Å²) in [4.78, 5) is 0. The monoisotopic (exact) mass is 186 g/mol. The van der Waals surface area contributed by atoms with Crippen LogP contribution in [0.1, 0.15) is 12.5 Å². The van der Waals surface area contributed by atoms with E-state index in [-0.39, 0.29) is 6.42 Å².